The van der Waals surface area contributed by atoms with E-state index in [0.29, 0.717) is 27.1 Å². The average molecular weight is 476 g/mol. The highest BCUT2D eigenvalue weighted by molar-refractivity contribution is 9.10. The quantitative estimate of drug-likeness (QED) is 0.281. The van der Waals surface area contributed by atoms with Crippen molar-refractivity contribution in [2.45, 2.75) is 13.5 Å². The number of hydrogen-bond donors (Lipinski definition) is 1. The maximum absolute atomic E-state index is 12.3. The fourth-order valence-electron chi connectivity index (χ4n) is 2.90. The minimum atomic E-state index is -0.467. The molecule has 156 valence electrons. The van der Waals surface area contributed by atoms with Crippen LogP contribution in [0.5, 0.6) is 11.5 Å². The Morgan fingerprint density at radius 3 is 2.67 bits per heavy atom. The van der Waals surface area contributed by atoms with Crippen LogP contribution < -0.4 is 14.8 Å². The van der Waals surface area contributed by atoms with Gasteiger partial charge in [-0.1, -0.05) is 12.1 Å². The third kappa shape index (κ3) is 4.43. The van der Waals surface area contributed by atoms with Crippen LogP contribution in [0.4, 0.5) is 10.5 Å². The molecule has 0 aliphatic carbocycles. The number of nitrogens with one attached hydrogen (secondary N) is 1. The molecule has 1 aliphatic heterocycles. The molecule has 10 heteroatoms. The van der Waals surface area contributed by atoms with Gasteiger partial charge in [0.05, 0.1) is 16.5 Å². The lowest BCUT2D eigenvalue weighted by atomic mass is 10.1. The van der Waals surface area contributed by atoms with Gasteiger partial charge in [0.25, 0.3) is 11.6 Å². The van der Waals surface area contributed by atoms with Crippen LogP contribution in [0.2, 0.25) is 0 Å². The summed E-state index contributed by atoms with van der Waals surface area (Å²) < 4.78 is 11.8. The molecule has 0 radical (unpaired) electrons. The molecular weight excluding hydrogens is 458 g/mol. The number of methoxy groups -OCH3 is 1. The number of imide groups is 1. The van der Waals surface area contributed by atoms with Crippen molar-refractivity contribution >= 4 is 39.6 Å². The van der Waals surface area contributed by atoms with Gasteiger partial charge in [0, 0.05) is 18.7 Å². The summed E-state index contributed by atoms with van der Waals surface area (Å²) in [5.74, 6) is 0.400. The van der Waals surface area contributed by atoms with E-state index in [-0.39, 0.29) is 24.5 Å². The lowest BCUT2D eigenvalue weighted by Crippen LogP contribution is -2.30. The van der Waals surface area contributed by atoms with E-state index in [1.54, 1.807) is 37.3 Å². The van der Waals surface area contributed by atoms with Crippen LogP contribution in [0.15, 0.2) is 46.6 Å². The second-order valence-corrected chi connectivity index (χ2v) is 7.14. The molecule has 0 atom stereocenters. The molecule has 0 saturated carbocycles. The van der Waals surface area contributed by atoms with Crippen molar-refractivity contribution in [2.75, 3.05) is 13.7 Å². The Hall–Kier alpha value is -3.40. The smallest absolute Gasteiger partial charge is 0.328 e. The number of nitro benzene ring substituents is 1. The molecule has 1 fully saturated rings. The molecule has 2 aromatic carbocycles. The Bertz CT molecular complexity index is 1050. The summed E-state index contributed by atoms with van der Waals surface area (Å²) in [4.78, 5) is 35.6. The Kier molecular flexibility index (Phi) is 6.36. The van der Waals surface area contributed by atoms with E-state index in [9.17, 15) is 19.7 Å². The second kappa shape index (κ2) is 8.95. The number of carbonyl (C=O) groups excluding carboxylic acids is 2. The minimum Gasteiger partial charge on any atom is -0.493 e. The summed E-state index contributed by atoms with van der Waals surface area (Å²) in [5, 5.41) is 13.5. The molecule has 1 heterocycles. The van der Waals surface area contributed by atoms with Crippen LogP contribution in [0.3, 0.4) is 0 Å². The number of rotatable bonds is 7. The van der Waals surface area contributed by atoms with Crippen molar-refractivity contribution < 1.29 is 24.0 Å². The fraction of sp³-hybridized carbons (Fsp3) is 0.200. The van der Waals surface area contributed by atoms with Crippen molar-refractivity contribution in [3.63, 3.8) is 0 Å². The van der Waals surface area contributed by atoms with Crippen LogP contribution in [0, 0.1) is 10.1 Å². The predicted molar refractivity (Wildman–Crippen MR) is 112 cm³/mol. The van der Waals surface area contributed by atoms with Gasteiger partial charge in [-0.05, 0) is 52.2 Å². The lowest BCUT2D eigenvalue weighted by molar-refractivity contribution is -0.384. The molecule has 30 heavy (non-hydrogen) atoms. The molecule has 1 N–H and O–H groups in total. The third-order valence-corrected chi connectivity index (χ3v) is 4.93. The Morgan fingerprint density at radius 1 is 1.27 bits per heavy atom. The molecule has 1 saturated heterocycles. The van der Waals surface area contributed by atoms with E-state index in [1.165, 1.54) is 19.2 Å². The van der Waals surface area contributed by atoms with Crippen LogP contribution in [-0.4, -0.2) is 35.4 Å². The van der Waals surface area contributed by atoms with Crippen LogP contribution in [0.25, 0.3) is 6.08 Å². The van der Waals surface area contributed by atoms with Crippen molar-refractivity contribution in [3.05, 3.63) is 67.8 Å². The van der Waals surface area contributed by atoms with Gasteiger partial charge in [0.1, 0.15) is 12.3 Å². The number of nitrogens with zero attached hydrogens (tertiary/aromatic N) is 2. The highest BCUT2D eigenvalue weighted by Crippen LogP contribution is 2.38. The topological polar surface area (TPSA) is 111 Å². The van der Waals surface area contributed by atoms with E-state index in [4.69, 9.17) is 9.47 Å². The summed E-state index contributed by atoms with van der Waals surface area (Å²) in [6.45, 7) is 2.09. The molecule has 3 amide bonds. The molecule has 0 spiro atoms. The van der Waals surface area contributed by atoms with Crippen molar-refractivity contribution in [1.29, 1.82) is 0 Å². The van der Waals surface area contributed by atoms with Crippen LogP contribution in [0.1, 0.15) is 18.1 Å². The number of likely N-dealkylation sites (N-methyl/N-ethyl adjacent to an activating group) is 1. The minimum absolute atomic E-state index is 0.0199. The Morgan fingerprint density at radius 2 is 2.03 bits per heavy atom. The molecule has 0 unspecified atom stereocenters. The number of ether oxygens (including phenoxy) is 2. The third-order valence-electron chi connectivity index (χ3n) is 4.35. The predicted octanol–water partition coefficient (Wildman–Crippen LogP) is 3.86. The number of nitro groups is 1. The van der Waals surface area contributed by atoms with Crippen molar-refractivity contribution in [3.8, 4) is 11.5 Å². The zero-order chi connectivity index (χ0) is 21.8. The van der Waals surface area contributed by atoms with Gasteiger partial charge in [-0.3, -0.25) is 19.8 Å². The largest absolute Gasteiger partial charge is 0.493 e. The van der Waals surface area contributed by atoms with Crippen LogP contribution >= 0.6 is 15.9 Å². The SMILES string of the molecule is CCN1C(=O)N/C(=C/c2cc(Br)c(OCc3cccc([N+](=O)[O-])c3)c(OC)c2)C1=O. The Balaban J connectivity index is 1.84. The molecule has 9 nitrogen and oxygen atoms in total. The highest BCUT2D eigenvalue weighted by Gasteiger charge is 2.32. The number of benzene rings is 2. The first-order valence-corrected chi connectivity index (χ1v) is 9.71. The summed E-state index contributed by atoms with van der Waals surface area (Å²) in [5.41, 5.74) is 1.39. The van der Waals surface area contributed by atoms with Crippen molar-refractivity contribution in [2.24, 2.45) is 0 Å². The molecular formula is C20H18BrN3O6. The fourth-order valence-corrected chi connectivity index (χ4v) is 3.48. The van der Waals surface area contributed by atoms with E-state index in [0.717, 1.165) is 4.90 Å². The lowest BCUT2D eigenvalue weighted by Gasteiger charge is -2.14. The summed E-state index contributed by atoms with van der Waals surface area (Å²) >= 11 is 3.43. The van der Waals surface area contributed by atoms with E-state index in [1.807, 2.05) is 0 Å². The monoisotopic (exact) mass is 475 g/mol. The summed E-state index contributed by atoms with van der Waals surface area (Å²) in [7, 11) is 1.47. The van der Waals surface area contributed by atoms with E-state index < -0.39 is 16.9 Å². The number of halogens is 1. The van der Waals surface area contributed by atoms with Crippen molar-refractivity contribution in [1.82, 2.24) is 10.2 Å². The van der Waals surface area contributed by atoms with Gasteiger partial charge in [-0.25, -0.2) is 4.79 Å². The molecule has 2 aromatic rings. The maximum Gasteiger partial charge on any atom is 0.328 e. The number of carbonyl (C=O) groups is 2. The number of non-ortho nitro benzene ring substituents is 1. The van der Waals surface area contributed by atoms with Crippen LogP contribution in [-0.2, 0) is 11.4 Å². The first-order valence-electron chi connectivity index (χ1n) is 8.92. The summed E-state index contributed by atoms with van der Waals surface area (Å²) in [6.07, 6.45) is 1.55. The molecule has 3 rings (SSSR count). The van der Waals surface area contributed by atoms with Gasteiger partial charge < -0.3 is 14.8 Å². The standard InChI is InChI=1S/C20H18BrN3O6/c1-3-23-19(25)16(22-20(23)26)9-13-8-15(21)18(17(10-13)29-2)30-11-12-5-4-6-14(7-12)24(27)28/h4-10H,3,11H2,1-2H3,(H,22,26)/b16-9+. The first kappa shape index (κ1) is 21.3. The number of urea groups is 1. The maximum atomic E-state index is 12.3. The van der Waals surface area contributed by atoms with Gasteiger partial charge in [-0.2, -0.15) is 0 Å². The van der Waals surface area contributed by atoms with Gasteiger partial charge in [0.2, 0.25) is 0 Å². The van der Waals surface area contributed by atoms with Gasteiger partial charge in [0.15, 0.2) is 11.5 Å². The molecule has 1 aliphatic rings. The molecule has 0 aromatic heterocycles. The Labute approximate surface area is 180 Å². The average Bonchev–Trinajstić information content (AvgIpc) is 2.99. The normalized spacial score (nSPS) is 14.8. The van der Waals surface area contributed by atoms with Gasteiger partial charge in [-0.15, -0.1) is 0 Å². The van der Waals surface area contributed by atoms with E-state index >= 15 is 0 Å². The number of amides is 3. The van der Waals surface area contributed by atoms with E-state index in [2.05, 4.69) is 21.2 Å². The van der Waals surface area contributed by atoms with Gasteiger partial charge >= 0.3 is 6.03 Å². The zero-order valence-electron chi connectivity index (χ0n) is 16.2. The zero-order valence-corrected chi connectivity index (χ0v) is 17.8. The second-order valence-electron chi connectivity index (χ2n) is 6.29. The number of hydrogen-bond acceptors (Lipinski definition) is 6. The first-order chi connectivity index (χ1) is 14.3. The highest BCUT2D eigenvalue weighted by atomic mass is 79.9. The molecule has 0 bridgehead atoms. The summed E-state index contributed by atoms with van der Waals surface area (Å²) in [6, 6.07) is 9.07.